The van der Waals surface area contributed by atoms with Crippen LogP contribution >= 0.6 is 26.8 Å². The second-order valence-corrected chi connectivity index (χ2v) is 17.3. The lowest BCUT2D eigenvalue weighted by atomic mass is 10.1. The van der Waals surface area contributed by atoms with Crippen molar-refractivity contribution >= 4 is 43.8 Å². The highest BCUT2D eigenvalue weighted by Gasteiger charge is 2.48. The number of fused-ring (bicyclic) bond motifs is 1. The minimum atomic E-state index is -4.44. The molecule has 1 saturated carbocycles. The first-order chi connectivity index (χ1) is 25.1. The molecule has 2 fully saturated rings. The lowest BCUT2D eigenvalue weighted by molar-refractivity contribution is -0.0482. The molecule has 7 rings (SSSR count). The molecule has 2 aliphatic rings. The monoisotopic (exact) mass is 769 g/mol. The number of aromatic nitrogens is 4. The zero-order valence-electron chi connectivity index (χ0n) is 28.1. The van der Waals surface area contributed by atoms with Gasteiger partial charge in [0.25, 0.3) is 0 Å². The van der Waals surface area contributed by atoms with Gasteiger partial charge in [-0.05, 0) is 60.8 Å². The predicted octanol–water partition coefficient (Wildman–Crippen LogP) is 7.08. The van der Waals surface area contributed by atoms with Crippen molar-refractivity contribution in [3.8, 4) is 17.2 Å². The summed E-state index contributed by atoms with van der Waals surface area (Å²) in [4.78, 5) is 15.4. The number of aliphatic hydroxyl groups is 2. The molecule has 0 radical (unpaired) electrons. The SMILES string of the molecule is CN(c1nc(Cl)nc2c1ncn2[C@@H]1OC(COP(=O)(CP(=O)(Oc2ccccc2)Oc2ccccc2)Oc2ccccc2)[C@@H](O)[C@H]1O)C1CCCC1. The molecule has 5 aromatic rings. The summed E-state index contributed by atoms with van der Waals surface area (Å²) in [5.41, 5.74) is 0.755. The second kappa shape index (κ2) is 15.5. The van der Waals surface area contributed by atoms with Crippen molar-refractivity contribution in [2.75, 3.05) is 24.5 Å². The van der Waals surface area contributed by atoms with Gasteiger partial charge in [0.05, 0.1) is 12.9 Å². The van der Waals surface area contributed by atoms with Gasteiger partial charge in [-0.1, -0.05) is 67.4 Å². The van der Waals surface area contributed by atoms with Crippen molar-refractivity contribution in [3.05, 3.63) is 103 Å². The molecule has 0 spiro atoms. The van der Waals surface area contributed by atoms with E-state index in [-0.39, 0.29) is 28.6 Å². The number of rotatable bonds is 14. The molecular weight excluding hydrogens is 732 g/mol. The average molecular weight is 770 g/mol. The van der Waals surface area contributed by atoms with Crippen LogP contribution in [0.15, 0.2) is 97.3 Å². The third kappa shape index (κ3) is 8.14. The molecule has 2 aromatic heterocycles. The highest BCUT2D eigenvalue weighted by molar-refractivity contribution is 7.72. The average Bonchev–Trinajstić information content (AvgIpc) is 3.88. The first-order valence-electron chi connectivity index (χ1n) is 16.8. The Morgan fingerprint density at radius 2 is 1.37 bits per heavy atom. The lowest BCUT2D eigenvalue weighted by Crippen LogP contribution is -2.34. The third-order valence-corrected chi connectivity index (χ3v) is 13.9. The lowest BCUT2D eigenvalue weighted by Gasteiger charge is -2.26. The molecule has 2 unspecified atom stereocenters. The molecule has 5 atom stereocenters. The summed E-state index contributed by atoms with van der Waals surface area (Å²) >= 11 is 6.37. The summed E-state index contributed by atoms with van der Waals surface area (Å²) in [6.45, 7) is -0.534. The standard InChI is InChI=1S/C35H38ClN5O9P2/c1-40(24-13-11-12-14-24)32-29-33(39-35(36)38-32)41(22-37-29)34-31(43)30(42)28(47-34)21-46-51(44,48-25-15-5-2-6-16-25)23-52(45,49-26-17-7-3-8-18-26)50-27-19-9-4-10-20-27/h2-10,15-20,22,24,28,30-31,34,42-43H,11-14,21,23H2,1H3/t28?,30-,31-,34-,51?/m1/s1. The molecule has 0 bridgehead atoms. The Morgan fingerprint density at radius 1 is 0.827 bits per heavy atom. The van der Waals surface area contributed by atoms with Crippen LogP contribution in [0.3, 0.4) is 0 Å². The Labute approximate surface area is 305 Å². The number of halogens is 1. The van der Waals surface area contributed by atoms with Gasteiger partial charge in [0.2, 0.25) is 5.28 Å². The summed E-state index contributed by atoms with van der Waals surface area (Å²) in [6, 6.07) is 25.1. The highest BCUT2D eigenvalue weighted by atomic mass is 35.5. The number of aliphatic hydroxyl groups excluding tert-OH is 2. The van der Waals surface area contributed by atoms with Crippen molar-refractivity contribution in [2.24, 2.45) is 0 Å². The molecule has 0 amide bonds. The summed E-state index contributed by atoms with van der Waals surface area (Å²) in [5, 5.41) is 22.4. The van der Waals surface area contributed by atoms with Crippen molar-refractivity contribution in [3.63, 3.8) is 0 Å². The summed E-state index contributed by atoms with van der Waals surface area (Å²) in [6.07, 6.45) is 0.349. The van der Waals surface area contributed by atoms with E-state index in [1.54, 1.807) is 91.0 Å². The van der Waals surface area contributed by atoms with E-state index < -0.39 is 52.2 Å². The molecule has 3 heterocycles. The minimum Gasteiger partial charge on any atom is -0.424 e. The van der Waals surface area contributed by atoms with Crippen LogP contribution in [-0.2, 0) is 18.4 Å². The van der Waals surface area contributed by atoms with Crippen LogP contribution in [0.2, 0.25) is 5.28 Å². The van der Waals surface area contributed by atoms with Crippen molar-refractivity contribution in [1.29, 1.82) is 0 Å². The number of para-hydroxylation sites is 3. The van der Waals surface area contributed by atoms with E-state index in [0.29, 0.717) is 17.0 Å². The number of benzene rings is 3. The maximum Gasteiger partial charge on any atom is 0.444 e. The van der Waals surface area contributed by atoms with Gasteiger partial charge in [-0.3, -0.25) is 9.09 Å². The Morgan fingerprint density at radius 3 is 1.92 bits per heavy atom. The molecule has 1 aliphatic carbocycles. The number of imidazole rings is 1. The number of ether oxygens (including phenoxy) is 1. The fraction of sp³-hybridized carbons (Fsp3) is 0.343. The Bertz CT molecular complexity index is 2010. The van der Waals surface area contributed by atoms with Gasteiger partial charge in [0.1, 0.15) is 35.6 Å². The smallest absolute Gasteiger partial charge is 0.424 e. The quantitative estimate of drug-likeness (QED) is 0.0870. The summed E-state index contributed by atoms with van der Waals surface area (Å²) in [5.74, 6) is 0.326. The fourth-order valence-corrected chi connectivity index (χ4v) is 11.0. The van der Waals surface area contributed by atoms with E-state index in [1.807, 2.05) is 11.9 Å². The molecule has 3 aromatic carbocycles. The Balaban J connectivity index is 1.14. The topological polar surface area (TPSA) is 168 Å². The summed E-state index contributed by atoms with van der Waals surface area (Å²) in [7, 11) is -6.82. The summed E-state index contributed by atoms with van der Waals surface area (Å²) < 4.78 is 60.2. The maximum absolute atomic E-state index is 14.6. The van der Waals surface area contributed by atoms with E-state index in [4.69, 9.17) is 34.4 Å². The molecule has 2 N–H and O–H groups in total. The number of hydrogen-bond acceptors (Lipinski definition) is 13. The van der Waals surface area contributed by atoms with E-state index in [2.05, 4.69) is 15.0 Å². The zero-order chi connectivity index (χ0) is 36.3. The van der Waals surface area contributed by atoms with Crippen molar-refractivity contribution < 1.29 is 42.2 Å². The largest absolute Gasteiger partial charge is 0.444 e. The van der Waals surface area contributed by atoms with E-state index in [0.717, 1.165) is 25.7 Å². The van der Waals surface area contributed by atoms with Crippen molar-refractivity contribution in [2.45, 2.75) is 56.3 Å². The van der Waals surface area contributed by atoms with Gasteiger partial charge in [-0.25, -0.2) is 14.1 Å². The van der Waals surface area contributed by atoms with Gasteiger partial charge < -0.3 is 33.4 Å². The van der Waals surface area contributed by atoms with E-state index in [1.165, 1.54) is 10.9 Å². The van der Waals surface area contributed by atoms with Gasteiger partial charge in [0, 0.05) is 13.1 Å². The molecule has 52 heavy (non-hydrogen) atoms. The van der Waals surface area contributed by atoms with Crippen LogP contribution in [0, 0.1) is 0 Å². The van der Waals surface area contributed by atoms with Gasteiger partial charge in [0.15, 0.2) is 29.1 Å². The van der Waals surface area contributed by atoms with Crippen LogP contribution in [0.25, 0.3) is 11.2 Å². The molecule has 1 aliphatic heterocycles. The van der Waals surface area contributed by atoms with Gasteiger partial charge >= 0.3 is 15.2 Å². The first-order valence-corrected chi connectivity index (χ1v) is 20.6. The van der Waals surface area contributed by atoms with Gasteiger partial charge in [-0.15, -0.1) is 0 Å². The number of hydrogen-bond donors (Lipinski definition) is 2. The molecule has 274 valence electrons. The Kier molecular flexibility index (Phi) is 10.9. The van der Waals surface area contributed by atoms with E-state index >= 15 is 0 Å². The van der Waals surface area contributed by atoms with Gasteiger partial charge in [-0.2, -0.15) is 9.97 Å². The Hall–Kier alpha value is -4.00. The zero-order valence-corrected chi connectivity index (χ0v) is 30.7. The predicted molar refractivity (Wildman–Crippen MR) is 194 cm³/mol. The third-order valence-electron chi connectivity index (χ3n) is 8.94. The second-order valence-electron chi connectivity index (χ2n) is 12.6. The highest BCUT2D eigenvalue weighted by Crippen LogP contribution is 2.63. The van der Waals surface area contributed by atoms with Crippen LogP contribution in [0.4, 0.5) is 5.82 Å². The molecular formula is C35H38ClN5O9P2. The van der Waals surface area contributed by atoms with Crippen LogP contribution in [0.5, 0.6) is 17.2 Å². The number of nitrogens with zero attached hydrogens (tertiary/aromatic N) is 5. The first kappa shape index (κ1) is 36.4. The molecule has 1 saturated heterocycles. The van der Waals surface area contributed by atoms with Crippen LogP contribution in [-0.4, -0.2) is 73.6 Å². The van der Waals surface area contributed by atoms with E-state index in [9.17, 15) is 19.3 Å². The molecule has 14 nitrogen and oxygen atoms in total. The fourth-order valence-electron chi connectivity index (χ4n) is 6.37. The van der Waals surface area contributed by atoms with Crippen LogP contribution in [0.1, 0.15) is 31.9 Å². The number of anilines is 1. The molecule has 17 heteroatoms. The van der Waals surface area contributed by atoms with Crippen LogP contribution < -0.4 is 18.5 Å². The minimum absolute atomic E-state index is 0.0131. The van der Waals surface area contributed by atoms with Crippen molar-refractivity contribution in [1.82, 2.24) is 19.5 Å². The maximum atomic E-state index is 14.6. The normalized spacial score (nSPS) is 21.9.